The molecule has 0 bridgehead atoms. The van der Waals surface area contributed by atoms with Crippen molar-refractivity contribution in [3.05, 3.63) is 69.9 Å². The van der Waals surface area contributed by atoms with Crippen molar-refractivity contribution in [1.29, 1.82) is 0 Å². The maximum absolute atomic E-state index is 12.5. The number of amides is 1. The zero-order valence-electron chi connectivity index (χ0n) is 14.4. The van der Waals surface area contributed by atoms with E-state index in [1.54, 1.807) is 42.4 Å². The zero-order valence-corrected chi connectivity index (χ0v) is 14.4. The summed E-state index contributed by atoms with van der Waals surface area (Å²) in [6.45, 7) is 2.49. The molecule has 0 atom stereocenters. The maximum Gasteiger partial charge on any atom is 0.273 e. The number of nitro groups is 1. The fourth-order valence-corrected chi connectivity index (χ4v) is 2.94. The van der Waals surface area contributed by atoms with Gasteiger partial charge < -0.3 is 9.42 Å². The molecule has 0 aliphatic carbocycles. The van der Waals surface area contributed by atoms with Crippen LogP contribution in [-0.2, 0) is 0 Å². The van der Waals surface area contributed by atoms with Crippen molar-refractivity contribution < 1.29 is 14.2 Å². The number of nitro benzene ring substituents is 1. The number of carbonyl (C=O) groups is 1. The molecule has 2 aromatic heterocycles. The SMILES string of the molecule is Cc1ccc(C(=O)N2CC(c3nc(-c4cccnc4)no3)C2)cc1[N+](=O)[O-]. The molecule has 1 saturated heterocycles. The van der Waals surface area contributed by atoms with Crippen LogP contribution in [0.25, 0.3) is 11.4 Å². The van der Waals surface area contributed by atoms with E-state index in [1.165, 1.54) is 6.07 Å². The van der Waals surface area contributed by atoms with Gasteiger partial charge in [0, 0.05) is 48.2 Å². The van der Waals surface area contributed by atoms with Crippen LogP contribution in [0.2, 0.25) is 0 Å². The van der Waals surface area contributed by atoms with E-state index in [4.69, 9.17) is 4.52 Å². The number of likely N-dealkylation sites (tertiary alicyclic amines) is 1. The summed E-state index contributed by atoms with van der Waals surface area (Å²) in [5, 5.41) is 15.0. The number of rotatable bonds is 4. The first-order valence-corrected chi connectivity index (χ1v) is 8.31. The van der Waals surface area contributed by atoms with Crippen molar-refractivity contribution in [2.24, 2.45) is 0 Å². The molecule has 0 unspecified atom stereocenters. The van der Waals surface area contributed by atoms with E-state index in [0.717, 1.165) is 5.56 Å². The summed E-state index contributed by atoms with van der Waals surface area (Å²) in [7, 11) is 0. The molecule has 1 amide bonds. The number of hydrogen-bond donors (Lipinski definition) is 0. The van der Waals surface area contributed by atoms with Gasteiger partial charge in [0.05, 0.1) is 10.8 Å². The normalized spacial score (nSPS) is 14.0. The third-order valence-electron chi connectivity index (χ3n) is 4.53. The number of pyridine rings is 1. The molecule has 1 fully saturated rings. The number of hydrogen-bond acceptors (Lipinski definition) is 7. The van der Waals surface area contributed by atoms with Gasteiger partial charge in [-0.1, -0.05) is 11.2 Å². The number of carbonyl (C=O) groups excluding carboxylic acids is 1. The zero-order chi connectivity index (χ0) is 19.0. The van der Waals surface area contributed by atoms with Crippen molar-refractivity contribution in [3.63, 3.8) is 0 Å². The summed E-state index contributed by atoms with van der Waals surface area (Å²) < 4.78 is 5.31. The van der Waals surface area contributed by atoms with Crippen LogP contribution < -0.4 is 0 Å². The molecule has 3 aromatic rings. The van der Waals surface area contributed by atoms with E-state index >= 15 is 0 Å². The summed E-state index contributed by atoms with van der Waals surface area (Å²) in [6, 6.07) is 8.13. The Balaban J connectivity index is 1.44. The standard InChI is InChI=1S/C18H15N5O4/c1-11-4-5-12(7-15(11)23(25)26)18(24)22-9-14(10-22)17-20-16(21-27-17)13-3-2-6-19-8-13/h2-8,14H,9-10H2,1H3. The van der Waals surface area contributed by atoms with E-state index in [9.17, 15) is 14.9 Å². The molecular formula is C18H15N5O4. The Bertz CT molecular complexity index is 1010. The highest BCUT2D eigenvalue weighted by Gasteiger charge is 2.36. The van der Waals surface area contributed by atoms with Crippen LogP contribution in [0.3, 0.4) is 0 Å². The highest BCUT2D eigenvalue weighted by molar-refractivity contribution is 5.95. The molecule has 1 aromatic carbocycles. The van der Waals surface area contributed by atoms with Crippen molar-refractivity contribution in [2.75, 3.05) is 13.1 Å². The second-order valence-corrected chi connectivity index (χ2v) is 6.36. The Morgan fingerprint density at radius 2 is 2.15 bits per heavy atom. The number of nitrogens with zero attached hydrogens (tertiary/aromatic N) is 5. The molecule has 9 nitrogen and oxygen atoms in total. The first kappa shape index (κ1) is 16.8. The van der Waals surface area contributed by atoms with E-state index in [2.05, 4.69) is 15.1 Å². The maximum atomic E-state index is 12.5. The highest BCUT2D eigenvalue weighted by Crippen LogP contribution is 2.29. The Hall–Kier alpha value is -3.62. The van der Waals surface area contributed by atoms with Gasteiger partial charge in [0.2, 0.25) is 11.7 Å². The molecule has 9 heteroatoms. The van der Waals surface area contributed by atoms with Gasteiger partial charge in [-0.05, 0) is 25.1 Å². The fourth-order valence-electron chi connectivity index (χ4n) is 2.94. The summed E-state index contributed by atoms with van der Waals surface area (Å²) in [5.41, 5.74) is 1.52. The van der Waals surface area contributed by atoms with Crippen molar-refractivity contribution in [2.45, 2.75) is 12.8 Å². The third-order valence-corrected chi connectivity index (χ3v) is 4.53. The Kier molecular flexibility index (Phi) is 4.11. The van der Waals surface area contributed by atoms with Gasteiger partial charge in [-0.25, -0.2) is 0 Å². The molecule has 3 heterocycles. The van der Waals surface area contributed by atoms with Crippen molar-refractivity contribution >= 4 is 11.6 Å². The lowest BCUT2D eigenvalue weighted by molar-refractivity contribution is -0.385. The lowest BCUT2D eigenvalue weighted by atomic mass is 9.98. The van der Waals surface area contributed by atoms with Crippen LogP contribution in [0.4, 0.5) is 5.69 Å². The minimum Gasteiger partial charge on any atom is -0.339 e. The molecule has 1 aliphatic heterocycles. The van der Waals surface area contributed by atoms with Crippen LogP contribution >= 0.6 is 0 Å². The molecule has 0 N–H and O–H groups in total. The van der Waals surface area contributed by atoms with Gasteiger partial charge in [-0.2, -0.15) is 4.98 Å². The summed E-state index contributed by atoms with van der Waals surface area (Å²) in [5.74, 6) is 0.624. The van der Waals surface area contributed by atoms with Crippen LogP contribution in [0.1, 0.15) is 27.7 Å². The summed E-state index contributed by atoms with van der Waals surface area (Å²) in [6.07, 6.45) is 3.31. The second kappa shape index (κ2) is 6.60. The average molecular weight is 365 g/mol. The Morgan fingerprint density at radius 3 is 2.85 bits per heavy atom. The second-order valence-electron chi connectivity index (χ2n) is 6.36. The predicted molar refractivity (Wildman–Crippen MR) is 94.0 cm³/mol. The van der Waals surface area contributed by atoms with Crippen molar-refractivity contribution in [1.82, 2.24) is 20.0 Å². The monoisotopic (exact) mass is 365 g/mol. The lowest BCUT2D eigenvalue weighted by Crippen LogP contribution is -2.48. The smallest absolute Gasteiger partial charge is 0.273 e. The molecule has 0 spiro atoms. The quantitative estimate of drug-likeness (QED) is 0.515. The minimum atomic E-state index is -0.483. The molecule has 4 rings (SSSR count). The average Bonchev–Trinajstić information content (AvgIpc) is 3.11. The topological polar surface area (TPSA) is 115 Å². The Morgan fingerprint density at radius 1 is 1.33 bits per heavy atom. The lowest BCUT2D eigenvalue weighted by Gasteiger charge is -2.37. The molecule has 27 heavy (non-hydrogen) atoms. The van der Waals surface area contributed by atoms with Crippen molar-refractivity contribution in [3.8, 4) is 11.4 Å². The van der Waals surface area contributed by atoms with Crippen LogP contribution in [0.5, 0.6) is 0 Å². The third kappa shape index (κ3) is 3.14. The van der Waals surface area contributed by atoms with Gasteiger partial charge in [0.25, 0.3) is 11.6 Å². The van der Waals surface area contributed by atoms with Gasteiger partial charge in [0.1, 0.15) is 0 Å². The summed E-state index contributed by atoms with van der Waals surface area (Å²) in [4.78, 5) is 33.1. The largest absolute Gasteiger partial charge is 0.339 e. The minimum absolute atomic E-state index is 0.0488. The van der Waals surface area contributed by atoms with Crippen LogP contribution in [0.15, 0.2) is 47.2 Å². The van der Waals surface area contributed by atoms with Crippen LogP contribution in [0, 0.1) is 17.0 Å². The number of aromatic nitrogens is 3. The molecule has 0 radical (unpaired) electrons. The first-order chi connectivity index (χ1) is 13.0. The van der Waals surface area contributed by atoms with E-state index in [1.807, 2.05) is 6.07 Å². The van der Waals surface area contributed by atoms with E-state index in [-0.39, 0.29) is 17.5 Å². The van der Waals surface area contributed by atoms with Gasteiger partial charge in [-0.15, -0.1) is 0 Å². The molecule has 0 saturated carbocycles. The molecule has 1 aliphatic rings. The fraction of sp³-hybridized carbons (Fsp3) is 0.222. The first-order valence-electron chi connectivity index (χ1n) is 8.31. The van der Waals surface area contributed by atoms with E-state index < -0.39 is 4.92 Å². The number of aryl methyl sites for hydroxylation is 1. The van der Waals surface area contributed by atoms with Gasteiger partial charge in [0.15, 0.2) is 0 Å². The van der Waals surface area contributed by atoms with Gasteiger partial charge >= 0.3 is 0 Å². The molecular weight excluding hydrogens is 350 g/mol. The van der Waals surface area contributed by atoms with E-state index in [0.29, 0.717) is 35.9 Å². The predicted octanol–water partition coefficient (Wildman–Crippen LogP) is 2.59. The van der Waals surface area contributed by atoms with Gasteiger partial charge in [-0.3, -0.25) is 19.9 Å². The number of benzene rings is 1. The highest BCUT2D eigenvalue weighted by atomic mass is 16.6. The molecule has 136 valence electrons. The summed E-state index contributed by atoms with van der Waals surface area (Å²) >= 11 is 0. The van der Waals surface area contributed by atoms with Crippen LogP contribution in [-0.4, -0.2) is 43.9 Å². The Labute approximate surface area is 153 Å².